The number of halogens is 2. The summed E-state index contributed by atoms with van der Waals surface area (Å²) >= 11 is 10.9. The van der Waals surface area contributed by atoms with Gasteiger partial charge in [0.1, 0.15) is 6.04 Å². The van der Waals surface area contributed by atoms with Crippen LogP contribution in [0.5, 0.6) is 0 Å². The van der Waals surface area contributed by atoms with Crippen molar-refractivity contribution >= 4 is 51.1 Å². The van der Waals surface area contributed by atoms with E-state index in [9.17, 15) is 9.59 Å². The van der Waals surface area contributed by atoms with Gasteiger partial charge in [0.15, 0.2) is 0 Å². The van der Waals surface area contributed by atoms with E-state index in [0.717, 1.165) is 28.4 Å². The zero-order valence-electron chi connectivity index (χ0n) is 17.4. The van der Waals surface area contributed by atoms with E-state index in [-0.39, 0.29) is 11.8 Å². The maximum Gasteiger partial charge on any atom is 0.242 e. The quantitative estimate of drug-likeness (QED) is 0.396. The first kappa shape index (κ1) is 24.8. The largest absolute Gasteiger partial charge is 0.354 e. The van der Waals surface area contributed by atoms with E-state index in [1.54, 1.807) is 11.8 Å². The van der Waals surface area contributed by atoms with Gasteiger partial charge in [0.2, 0.25) is 11.8 Å². The van der Waals surface area contributed by atoms with Gasteiger partial charge in [-0.15, -0.1) is 11.8 Å². The third kappa shape index (κ3) is 8.32. The Labute approximate surface area is 196 Å². The maximum absolute atomic E-state index is 13.0. The van der Waals surface area contributed by atoms with Crippen molar-refractivity contribution in [2.75, 3.05) is 12.3 Å². The average Bonchev–Trinajstić information content (AvgIpc) is 2.73. The molecule has 2 aromatic carbocycles. The predicted octanol–water partition coefficient (Wildman–Crippen LogP) is 5.67. The summed E-state index contributed by atoms with van der Waals surface area (Å²) in [6.45, 7) is 4.89. The zero-order valence-corrected chi connectivity index (χ0v) is 20.5. The summed E-state index contributed by atoms with van der Waals surface area (Å²) < 4.78 is 0.949. The molecule has 1 N–H and O–H groups in total. The minimum Gasteiger partial charge on any atom is -0.354 e. The summed E-state index contributed by atoms with van der Waals surface area (Å²) in [5.74, 6) is 0.857. The van der Waals surface area contributed by atoms with Crippen LogP contribution in [-0.4, -0.2) is 35.1 Å². The van der Waals surface area contributed by atoms with Crippen molar-refractivity contribution < 1.29 is 9.59 Å². The van der Waals surface area contributed by atoms with Gasteiger partial charge in [-0.05, 0) is 48.7 Å². The number of carbonyl (C=O) groups excluding carboxylic acids is 2. The Morgan fingerprint density at radius 1 is 1.17 bits per heavy atom. The predicted molar refractivity (Wildman–Crippen MR) is 130 cm³/mol. The molecule has 0 unspecified atom stereocenters. The number of nitrogens with zero attached hydrogens (tertiary/aromatic N) is 1. The molecule has 0 heterocycles. The summed E-state index contributed by atoms with van der Waals surface area (Å²) in [5, 5.41) is 3.64. The van der Waals surface area contributed by atoms with E-state index in [2.05, 4.69) is 28.2 Å². The molecule has 7 heteroatoms. The van der Waals surface area contributed by atoms with Crippen molar-refractivity contribution in [3.63, 3.8) is 0 Å². The van der Waals surface area contributed by atoms with Crippen molar-refractivity contribution in [3.8, 4) is 0 Å². The Bertz CT molecular complexity index is 832. The fraction of sp³-hybridized carbons (Fsp3) is 0.391. The van der Waals surface area contributed by atoms with Crippen molar-refractivity contribution in [3.05, 3.63) is 69.2 Å². The first-order valence-corrected chi connectivity index (χ1v) is 12.4. The lowest BCUT2D eigenvalue weighted by Crippen LogP contribution is -2.48. The van der Waals surface area contributed by atoms with Gasteiger partial charge in [0, 0.05) is 28.3 Å². The minimum absolute atomic E-state index is 0.0490. The van der Waals surface area contributed by atoms with Gasteiger partial charge in [0.05, 0.1) is 5.75 Å². The normalized spacial score (nSPS) is 11.7. The molecule has 0 bridgehead atoms. The summed E-state index contributed by atoms with van der Waals surface area (Å²) in [6, 6.07) is 14.9. The number of carbonyl (C=O) groups is 2. The summed E-state index contributed by atoms with van der Waals surface area (Å²) in [5.41, 5.74) is 2.09. The molecule has 4 nitrogen and oxygen atoms in total. The lowest BCUT2D eigenvalue weighted by Gasteiger charge is -2.29. The lowest BCUT2D eigenvalue weighted by atomic mass is 10.1. The molecule has 2 aromatic rings. The number of benzene rings is 2. The molecular weight excluding hydrogens is 484 g/mol. The molecule has 0 aliphatic heterocycles. The van der Waals surface area contributed by atoms with Gasteiger partial charge in [-0.25, -0.2) is 0 Å². The number of thioether (sulfide) groups is 1. The summed E-state index contributed by atoms with van der Waals surface area (Å²) in [6.07, 6.45) is 1.94. The molecule has 0 aliphatic rings. The Balaban J connectivity index is 2.03. The van der Waals surface area contributed by atoms with Crippen LogP contribution in [0.2, 0.25) is 5.02 Å². The Morgan fingerprint density at radius 2 is 1.90 bits per heavy atom. The van der Waals surface area contributed by atoms with Gasteiger partial charge in [-0.2, -0.15) is 0 Å². The van der Waals surface area contributed by atoms with Crippen molar-refractivity contribution in [2.24, 2.45) is 0 Å². The van der Waals surface area contributed by atoms with Crippen LogP contribution in [0.3, 0.4) is 0 Å². The van der Waals surface area contributed by atoms with Crippen LogP contribution in [0.1, 0.15) is 37.8 Å². The summed E-state index contributed by atoms with van der Waals surface area (Å²) in [4.78, 5) is 27.3. The molecular formula is C23H28BrClN2O2S. The molecule has 0 fully saturated rings. The molecule has 0 aliphatic carbocycles. The molecule has 0 saturated carbocycles. The van der Waals surface area contributed by atoms with Gasteiger partial charge in [0.25, 0.3) is 0 Å². The van der Waals surface area contributed by atoms with Crippen LogP contribution in [0, 0.1) is 0 Å². The second-order valence-corrected chi connectivity index (χ2v) is 9.43. The Hall–Kier alpha value is -1.50. The Kier molecular flexibility index (Phi) is 10.8. The van der Waals surface area contributed by atoms with E-state index in [0.29, 0.717) is 29.6 Å². The van der Waals surface area contributed by atoms with Crippen molar-refractivity contribution in [1.29, 1.82) is 0 Å². The molecule has 0 spiro atoms. The molecule has 0 saturated heterocycles. The van der Waals surface area contributed by atoms with E-state index in [1.165, 1.54) is 11.8 Å². The number of hydrogen-bond acceptors (Lipinski definition) is 3. The highest BCUT2D eigenvalue weighted by Crippen LogP contribution is 2.19. The van der Waals surface area contributed by atoms with Gasteiger partial charge >= 0.3 is 0 Å². The molecule has 1 atom stereocenters. The fourth-order valence-corrected chi connectivity index (χ4v) is 4.31. The van der Waals surface area contributed by atoms with Gasteiger partial charge in [-0.3, -0.25) is 9.59 Å². The number of hydrogen-bond donors (Lipinski definition) is 1. The summed E-state index contributed by atoms with van der Waals surface area (Å²) in [7, 11) is 0. The standard InChI is InChI=1S/C23H28BrClN2O2S/c1-3-4-12-26-23(29)17(2)27(14-19-6-5-7-20(24)13-19)22(28)16-30-15-18-8-10-21(25)11-9-18/h5-11,13,17H,3-4,12,14-16H2,1-2H3,(H,26,29)/t17-/m1/s1. The molecule has 0 aromatic heterocycles. The molecule has 30 heavy (non-hydrogen) atoms. The minimum atomic E-state index is -0.538. The molecule has 2 rings (SSSR count). The SMILES string of the molecule is CCCCNC(=O)[C@@H](C)N(Cc1cccc(Br)c1)C(=O)CSCc1ccc(Cl)cc1. The first-order valence-electron chi connectivity index (χ1n) is 10.0. The number of unbranched alkanes of at least 4 members (excludes halogenated alkanes) is 1. The monoisotopic (exact) mass is 510 g/mol. The van der Waals surface area contributed by atoms with Gasteiger partial charge in [-0.1, -0.05) is 65.1 Å². The zero-order chi connectivity index (χ0) is 21.9. The third-order valence-electron chi connectivity index (χ3n) is 4.65. The molecule has 2 amide bonds. The first-order chi connectivity index (χ1) is 14.4. The third-order valence-corrected chi connectivity index (χ3v) is 6.38. The average molecular weight is 512 g/mol. The number of rotatable bonds is 11. The maximum atomic E-state index is 13.0. The van der Waals surface area contributed by atoms with E-state index < -0.39 is 6.04 Å². The fourth-order valence-electron chi connectivity index (χ4n) is 2.87. The van der Waals surface area contributed by atoms with Crippen molar-refractivity contribution in [1.82, 2.24) is 10.2 Å². The van der Waals surface area contributed by atoms with Crippen molar-refractivity contribution in [2.45, 2.75) is 45.0 Å². The highest BCUT2D eigenvalue weighted by atomic mass is 79.9. The van der Waals surface area contributed by atoms with Gasteiger partial charge < -0.3 is 10.2 Å². The molecule has 162 valence electrons. The van der Waals surface area contributed by atoms with Crippen LogP contribution in [0.15, 0.2) is 53.0 Å². The van der Waals surface area contributed by atoms with Crippen LogP contribution < -0.4 is 5.32 Å². The van der Waals surface area contributed by atoms with Crippen LogP contribution in [0.4, 0.5) is 0 Å². The second kappa shape index (κ2) is 13.0. The number of nitrogens with one attached hydrogen (secondary N) is 1. The number of amides is 2. The highest BCUT2D eigenvalue weighted by Gasteiger charge is 2.25. The molecule has 0 radical (unpaired) electrons. The van der Waals surface area contributed by atoms with Crippen LogP contribution in [0.25, 0.3) is 0 Å². The van der Waals surface area contributed by atoms with E-state index in [1.807, 2.05) is 48.5 Å². The van der Waals surface area contributed by atoms with E-state index in [4.69, 9.17) is 11.6 Å². The Morgan fingerprint density at radius 3 is 2.57 bits per heavy atom. The smallest absolute Gasteiger partial charge is 0.242 e. The topological polar surface area (TPSA) is 49.4 Å². The van der Waals surface area contributed by atoms with Crippen LogP contribution in [-0.2, 0) is 21.9 Å². The highest BCUT2D eigenvalue weighted by molar-refractivity contribution is 9.10. The van der Waals surface area contributed by atoms with E-state index >= 15 is 0 Å². The van der Waals surface area contributed by atoms with Crippen LogP contribution >= 0.6 is 39.3 Å². The second-order valence-electron chi connectivity index (χ2n) is 7.09. The lowest BCUT2D eigenvalue weighted by molar-refractivity contribution is -0.138.